The van der Waals surface area contributed by atoms with Crippen LogP contribution >= 0.6 is 0 Å². The van der Waals surface area contributed by atoms with Crippen molar-refractivity contribution in [1.82, 2.24) is 0 Å². The minimum atomic E-state index is -0.306. The second-order valence-corrected chi connectivity index (χ2v) is 9.68. The summed E-state index contributed by atoms with van der Waals surface area (Å²) >= 11 is 0. The molecule has 5 rings (SSSR count). The first-order valence-electron chi connectivity index (χ1n) is 12.5. The van der Waals surface area contributed by atoms with E-state index in [1.807, 2.05) is 25.1 Å². The van der Waals surface area contributed by atoms with Gasteiger partial charge in [-0.3, -0.25) is 0 Å². The predicted molar refractivity (Wildman–Crippen MR) is 141 cm³/mol. The van der Waals surface area contributed by atoms with Crippen molar-refractivity contribution in [3.8, 4) is 5.75 Å². The van der Waals surface area contributed by atoms with Crippen LogP contribution in [0.3, 0.4) is 0 Å². The van der Waals surface area contributed by atoms with E-state index in [0.29, 0.717) is 24.7 Å². The molecular formula is C31H33NO3. The average Bonchev–Trinajstić information content (AvgIpc) is 3.51. The highest BCUT2D eigenvalue weighted by atomic mass is 16.5. The van der Waals surface area contributed by atoms with E-state index < -0.39 is 0 Å². The number of esters is 1. The molecule has 1 fully saturated rings. The average molecular weight is 468 g/mol. The Bertz CT molecular complexity index is 1270. The zero-order chi connectivity index (χ0) is 24.5. The Morgan fingerprint density at radius 1 is 1.09 bits per heavy atom. The van der Waals surface area contributed by atoms with Gasteiger partial charge in [0.2, 0.25) is 0 Å². The van der Waals surface area contributed by atoms with Gasteiger partial charge in [-0.05, 0) is 80.9 Å². The van der Waals surface area contributed by atoms with Crippen LogP contribution in [0.25, 0.3) is 5.70 Å². The second kappa shape index (κ2) is 9.61. The van der Waals surface area contributed by atoms with Crippen molar-refractivity contribution in [3.63, 3.8) is 0 Å². The lowest BCUT2D eigenvalue weighted by molar-refractivity contribution is 0.0526. The third kappa shape index (κ3) is 4.70. The normalized spacial score (nSPS) is 22.6. The highest BCUT2D eigenvalue weighted by Crippen LogP contribution is 2.50. The van der Waals surface area contributed by atoms with Gasteiger partial charge in [-0.15, -0.1) is 0 Å². The van der Waals surface area contributed by atoms with Crippen LogP contribution < -0.4 is 9.64 Å². The number of ether oxygens (including phenoxy) is 2. The second-order valence-electron chi connectivity index (χ2n) is 9.68. The van der Waals surface area contributed by atoms with Crippen molar-refractivity contribution >= 4 is 17.4 Å². The van der Waals surface area contributed by atoms with Crippen LogP contribution in [-0.4, -0.2) is 19.2 Å². The largest absolute Gasteiger partial charge is 0.488 e. The summed E-state index contributed by atoms with van der Waals surface area (Å²) in [7, 11) is 0. The smallest absolute Gasteiger partial charge is 0.338 e. The van der Waals surface area contributed by atoms with Gasteiger partial charge in [-0.2, -0.15) is 0 Å². The molecule has 0 amide bonds. The molecule has 0 radical (unpaired) electrons. The van der Waals surface area contributed by atoms with E-state index in [0.717, 1.165) is 46.7 Å². The van der Waals surface area contributed by atoms with E-state index in [9.17, 15) is 4.79 Å². The fourth-order valence-electron chi connectivity index (χ4n) is 5.13. The van der Waals surface area contributed by atoms with Gasteiger partial charge in [0.1, 0.15) is 12.4 Å². The van der Waals surface area contributed by atoms with Crippen molar-refractivity contribution in [3.05, 3.63) is 101 Å². The van der Waals surface area contributed by atoms with Gasteiger partial charge < -0.3 is 14.4 Å². The molecule has 1 heterocycles. The van der Waals surface area contributed by atoms with Gasteiger partial charge in [0, 0.05) is 16.9 Å². The van der Waals surface area contributed by atoms with Crippen molar-refractivity contribution in [2.45, 2.75) is 34.1 Å². The first-order valence-corrected chi connectivity index (χ1v) is 12.5. The maximum Gasteiger partial charge on any atom is 0.338 e. The third-order valence-electron chi connectivity index (χ3n) is 7.20. The molecule has 1 saturated carbocycles. The summed E-state index contributed by atoms with van der Waals surface area (Å²) in [4.78, 5) is 14.6. The van der Waals surface area contributed by atoms with Crippen LogP contribution in [-0.2, 0) is 4.74 Å². The molecule has 0 aromatic heterocycles. The molecule has 4 nitrogen and oxygen atoms in total. The quantitative estimate of drug-likeness (QED) is 0.408. The van der Waals surface area contributed by atoms with Crippen LogP contribution in [0.5, 0.6) is 5.75 Å². The van der Waals surface area contributed by atoms with Crippen LogP contribution in [0.2, 0.25) is 0 Å². The third-order valence-corrected chi connectivity index (χ3v) is 7.20. The number of aryl methyl sites for hydroxylation is 1. The number of nitrogens with zero attached hydrogens (tertiary/aromatic N) is 1. The Kier molecular flexibility index (Phi) is 6.38. The molecule has 2 aromatic rings. The minimum absolute atomic E-state index is 0.306. The fourth-order valence-corrected chi connectivity index (χ4v) is 5.13. The summed E-state index contributed by atoms with van der Waals surface area (Å²) < 4.78 is 11.7. The molecule has 4 heteroatoms. The van der Waals surface area contributed by atoms with Crippen LogP contribution in [0.4, 0.5) is 5.69 Å². The first-order chi connectivity index (χ1) is 17.0. The topological polar surface area (TPSA) is 38.8 Å². The molecule has 3 atom stereocenters. The molecule has 3 aliphatic rings. The van der Waals surface area contributed by atoms with Gasteiger partial charge in [0.15, 0.2) is 0 Å². The van der Waals surface area contributed by atoms with E-state index >= 15 is 0 Å². The Hall–Kier alpha value is -3.53. The Labute approximate surface area is 208 Å². The minimum Gasteiger partial charge on any atom is -0.488 e. The molecule has 3 unspecified atom stereocenters. The van der Waals surface area contributed by atoms with Gasteiger partial charge in [-0.1, -0.05) is 55.0 Å². The summed E-state index contributed by atoms with van der Waals surface area (Å²) in [6.07, 6.45) is 12.2. The van der Waals surface area contributed by atoms with E-state index in [1.54, 1.807) is 6.07 Å². The number of hydrogen-bond donors (Lipinski definition) is 0. The number of benzene rings is 2. The van der Waals surface area contributed by atoms with Gasteiger partial charge in [0.25, 0.3) is 0 Å². The van der Waals surface area contributed by atoms with Crippen LogP contribution in [0.1, 0.15) is 48.7 Å². The highest BCUT2D eigenvalue weighted by molar-refractivity contribution is 5.93. The van der Waals surface area contributed by atoms with E-state index in [4.69, 9.17) is 9.47 Å². The lowest BCUT2D eigenvalue weighted by atomic mass is 10.0. The van der Waals surface area contributed by atoms with E-state index in [1.165, 1.54) is 11.1 Å². The Morgan fingerprint density at radius 2 is 1.94 bits per heavy atom. The van der Waals surface area contributed by atoms with Gasteiger partial charge in [-0.25, -0.2) is 4.79 Å². The zero-order valence-electron chi connectivity index (χ0n) is 21.0. The number of hydrogen-bond acceptors (Lipinski definition) is 4. The summed E-state index contributed by atoms with van der Waals surface area (Å²) in [5.41, 5.74) is 7.12. The molecule has 180 valence electrons. The molecule has 0 spiro atoms. The van der Waals surface area contributed by atoms with Gasteiger partial charge >= 0.3 is 5.97 Å². The summed E-state index contributed by atoms with van der Waals surface area (Å²) in [5.74, 6) is 2.70. The molecule has 0 bridgehead atoms. The Morgan fingerprint density at radius 3 is 2.74 bits per heavy atom. The number of fused-ring (bicyclic) bond motifs is 1. The van der Waals surface area contributed by atoms with Crippen molar-refractivity contribution in [2.75, 3.05) is 18.1 Å². The molecule has 1 aliphatic heterocycles. The van der Waals surface area contributed by atoms with Crippen molar-refractivity contribution in [1.29, 1.82) is 0 Å². The SMILES string of the molecule is CCOC(=O)c1cccc(N2C(C)=CCC=C2c2cc(C)ccc2OCC2=CC3C(C)C3C=C2)c1. The summed E-state index contributed by atoms with van der Waals surface area (Å²) in [5, 5.41) is 0. The van der Waals surface area contributed by atoms with Gasteiger partial charge in [0.05, 0.1) is 17.9 Å². The Balaban J connectivity index is 1.45. The van der Waals surface area contributed by atoms with E-state index in [-0.39, 0.29) is 5.97 Å². The molecule has 2 aromatic carbocycles. The molecular weight excluding hydrogens is 434 g/mol. The van der Waals surface area contributed by atoms with E-state index in [2.05, 4.69) is 74.3 Å². The summed E-state index contributed by atoms with van der Waals surface area (Å²) in [6.45, 7) is 9.25. The first kappa shape index (κ1) is 23.2. The number of anilines is 1. The maximum atomic E-state index is 12.4. The standard InChI is InChI=1S/C31H33NO3/c1-5-34-31(33)24-9-7-10-25(18-24)32-21(3)8-6-11-29(32)28-16-20(2)12-15-30(28)35-19-23-13-14-26-22(4)27(26)17-23/h7-18,22,26-27H,5-6,19H2,1-4H3. The lowest BCUT2D eigenvalue weighted by Gasteiger charge is -2.32. The van der Waals surface area contributed by atoms with Crippen LogP contribution in [0, 0.1) is 24.7 Å². The van der Waals surface area contributed by atoms with Crippen molar-refractivity contribution in [2.24, 2.45) is 17.8 Å². The number of carbonyl (C=O) groups excluding carboxylic acids is 1. The zero-order valence-corrected chi connectivity index (χ0v) is 21.0. The number of allylic oxidation sites excluding steroid dienone is 5. The van der Waals surface area contributed by atoms with Crippen molar-refractivity contribution < 1.29 is 14.3 Å². The fraction of sp³-hybridized carbons (Fsp3) is 0.323. The number of carbonyl (C=O) groups is 1. The summed E-state index contributed by atoms with van der Waals surface area (Å²) in [6, 6.07) is 14.0. The number of rotatable bonds is 7. The molecule has 2 aliphatic carbocycles. The van der Waals surface area contributed by atoms with Crippen LogP contribution in [0.15, 0.2) is 84.1 Å². The highest BCUT2D eigenvalue weighted by Gasteiger charge is 2.44. The molecule has 0 N–H and O–H groups in total. The lowest BCUT2D eigenvalue weighted by Crippen LogP contribution is -2.22. The monoisotopic (exact) mass is 467 g/mol. The maximum absolute atomic E-state index is 12.4. The molecule has 35 heavy (non-hydrogen) atoms. The molecule has 0 saturated heterocycles. The predicted octanol–water partition coefficient (Wildman–Crippen LogP) is 7.08.